The summed E-state index contributed by atoms with van der Waals surface area (Å²) in [5.41, 5.74) is 3.48. The first-order valence-corrected chi connectivity index (χ1v) is 13.1. The number of carbonyl (C=O) groups is 1. The summed E-state index contributed by atoms with van der Waals surface area (Å²) in [7, 11) is 0. The largest absolute Gasteiger partial charge is 0.490 e. The molecule has 0 atom stereocenters. The molecule has 0 spiro atoms. The molecule has 0 unspecified atom stereocenters. The molecule has 4 rings (SSSR count). The summed E-state index contributed by atoms with van der Waals surface area (Å²) in [6.07, 6.45) is -3.00. The molecule has 4 aromatic carbocycles. The van der Waals surface area contributed by atoms with Crippen LogP contribution in [0.15, 0.2) is 84.0 Å². The lowest BCUT2D eigenvalue weighted by atomic mass is 10.1. The third-order valence-corrected chi connectivity index (χ3v) is 6.43. The minimum atomic E-state index is -4.46. The molecule has 0 aliphatic carbocycles. The highest BCUT2D eigenvalue weighted by Gasteiger charge is 2.30. The Labute approximate surface area is 237 Å². The molecule has 0 aliphatic rings. The molecule has 0 heterocycles. The summed E-state index contributed by atoms with van der Waals surface area (Å²) in [6, 6.07) is 22.4. The Bertz CT molecular complexity index is 1490. The molecule has 0 bridgehead atoms. The zero-order valence-electron chi connectivity index (χ0n) is 20.9. The van der Waals surface area contributed by atoms with Gasteiger partial charge in [0.15, 0.2) is 11.5 Å². The first-order valence-electron chi connectivity index (χ1n) is 12.0. The van der Waals surface area contributed by atoms with Crippen molar-refractivity contribution in [2.75, 3.05) is 18.5 Å². The number of benzene rings is 4. The maximum absolute atomic E-state index is 12.9. The van der Waals surface area contributed by atoms with Gasteiger partial charge in [0.05, 0.1) is 28.5 Å². The Hall–Kier alpha value is -3.80. The first-order chi connectivity index (χ1) is 18.7. The van der Waals surface area contributed by atoms with Crippen molar-refractivity contribution in [1.29, 1.82) is 0 Å². The minimum Gasteiger partial charge on any atom is -0.490 e. The van der Waals surface area contributed by atoms with Crippen molar-refractivity contribution in [3.63, 3.8) is 0 Å². The van der Waals surface area contributed by atoms with E-state index in [9.17, 15) is 18.0 Å². The van der Waals surface area contributed by atoms with Crippen LogP contribution in [0.4, 0.5) is 18.9 Å². The van der Waals surface area contributed by atoms with Gasteiger partial charge in [-0.15, -0.1) is 0 Å². The molecule has 4 aromatic rings. The van der Waals surface area contributed by atoms with Crippen LogP contribution in [0.5, 0.6) is 11.5 Å². The number of nitrogens with zero attached hydrogens (tertiary/aromatic N) is 1. The van der Waals surface area contributed by atoms with Crippen molar-refractivity contribution >= 4 is 51.2 Å². The van der Waals surface area contributed by atoms with Gasteiger partial charge in [0.1, 0.15) is 6.61 Å². The van der Waals surface area contributed by atoms with Gasteiger partial charge in [-0.25, -0.2) is 5.43 Å². The highest BCUT2D eigenvalue weighted by atomic mass is 127. The summed E-state index contributed by atoms with van der Waals surface area (Å²) >= 11 is 2.16. The number of hydrazone groups is 1. The second-order valence-electron chi connectivity index (χ2n) is 8.42. The van der Waals surface area contributed by atoms with Gasteiger partial charge in [0.2, 0.25) is 0 Å². The van der Waals surface area contributed by atoms with E-state index < -0.39 is 17.6 Å². The van der Waals surface area contributed by atoms with E-state index >= 15 is 0 Å². The lowest BCUT2D eigenvalue weighted by molar-refractivity contribution is -0.137. The monoisotopic (exact) mass is 647 g/mol. The van der Waals surface area contributed by atoms with E-state index in [1.165, 1.54) is 18.3 Å². The van der Waals surface area contributed by atoms with Gasteiger partial charge >= 0.3 is 6.18 Å². The van der Waals surface area contributed by atoms with Gasteiger partial charge in [-0.05, 0) is 81.7 Å². The van der Waals surface area contributed by atoms with E-state index in [1.54, 1.807) is 6.07 Å². The lowest BCUT2D eigenvalue weighted by Gasteiger charge is -2.15. The van der Waals surface area contributed by atoms with Crippen molar-refractivity contribution in [1.82, 2.24) is 5.43 Å². The van der Waals surface area contributed by atoms with E-state index in [0.29, 0.717) is 30.3 Å². The van der Waals surface area contributed by atoms with Crippen LogP contribution in [0.1, 0.15) is 23.6 Å². The van der Waals surface area contributed by atoms with E-state index in [4.69, 9.17) is 9.47 Å². The molecule has 6 nitrogen and oxygen atoms in total. The van der Waals surface area contributed by atoms with E-state index in [1.807, 2.05) is 37.3 Å². The number of hydrogen-bond donors (Lipinski definition) is 2. The Morgan fingerprint density at radius 2 is 1.77 bits per heavy atom. The fourth-order valence-corrected chi connectivity index (χ4v) is 4.62. The second-order valence-corrected chi connectivity index (χ2v) is 9.58. The van der Waals surface area contributed by atoms with Crippen molar-refractivity contribution in [2.45, 2.75) is 19.7 Å². The summed E-state index contributed by atoms with van der Waals surface area (Å²) in [6.45, 7) is 2.42. The Morgan fingerprint density at radius 3 is 2.56 bits per heavy atom. The molecule has 10 heteroatoms. The lowest BCUT2D eigenvalue weighted by Crippen LogP contribution is -2.26. The predicted molar refractivity (Wildman–Crippen MR) is 154 cm³/mol. The maximum atomic E-state index is 12.9. The first kappa shape index (κ1) is 28.2. The van der Waals surface area contributed by atoms with E-state index in [-0.39, 0.29) is 12.2 Å². The van der Waals surface area contributed by atoms with Crippen LogP contribution in [-0.2, 0) is 17.6 Å². The average Bonchev–Trinajstić information content (AvgIpc) is 2.91. The summed E-state index contributed by atoms with van der Waals surface area (Å²) in [4.78, 5) is 12.1. The van der Waals surface area contributed by atoms with Crippen LogP contribution >= 0.6 is 22.6 Å². The molecule has 0 fully saturated rings. The van der Waals surface area contributed by atoms with Crippen molar-refractivity contribution in [3.05, 3.63) is 99.1 Å². The summed E-state index contributed by atoms with van der Waals surface area (Å²) in [5.74, 6) is 0.638. The SMILES string of the molecule is CCOc1cc(/C=N\NC(=O)CNc2cccc(C(F)(F)F)c2)cc(I)c1OCc1cccc2ccccc12. The highest BCUT2D eigenvalue weighted by molar-refractivity contribution is 14.1. The van der Waals surface area contributed by atoms with Gasteiger partial charge in [0.25, 0.3) is 5.91 Å². The molecular formula is C29H25F3IN3O3. The van der Waals surface area contributed by atoms with Crippen LogP contribution in [0.25, 0.3) is 10.8 Å². The van der Waals surface area contributed by atoms with Crippen LogP contribution in [0.3, 0.4) is 0 Å². The zero-order chi connectivity index (χ0) is 27.8. The number of hydrogen-bond acceptors (Lipinski definition) is 5. The van der Waals surface area contributed by atoms with Gasteiger partial charge in [0, 0.05) is 5.69 Å². The van der Waals surface area contributed by atoms with Gasteiger partial charge < -0.3 is 14.8 Å². The van der Waals surface area contributed by atoms with Crippen LogP contribution in [-0.4, -0.2) is 25.3 Å². The number of anilines is 1. The number of halogens is 4. The van der Waals surface area contributed by atoms with E-state index in [0.717, 1.165) is 32.0 Å². The third-order valence-electron chi connectivity index (χ3n) is 5.63. The molecule has 2 N–H and O–H groups in total. The van der Waals surface area contributed by atoms with Gasteiger partial charge in [-0.3, -0.25) is 4.79 Å². The van der Waals surface area contributed by atoms with E-state index in [2.05, 4.69) is 56.6 Å². The van der Waals surface area contributed by atoms with Crippen molar-refractivity contribution in [2.24, 2.45) is 5.10 Å². The fourth-order valence-electron chi connectivity index (χ4n) is 3.84. The normalized spacial score (nSPS) is 11.5. The Morgan fingerprint density at radius 1 is 1.00 bits per heavy atom. The van der Waals surface area contributed by atoms with Crippen LogP contribution in [0, 0.1) is 3.57 Å². The number of alkyl halides is 3. The second kappa shape index (κ2) is 12.8. The number of carbonyl (C=O) groups excluding carboxylic acids is 1. The topological polar surface area (TPSA) is 72.0 Å². The molecule has 0 saturated heterocycles. The Kier molecular flexibility index (Phi) is 9.28. The number of nitrogens with one attached hydrogen (secondary N) is 2. The summed E-state index contributed by atoms with van der Waals surface area (Å²) < 4.78 is 51.4. The molecule has 202 valence electrons. The third kappa shape index (κ3) is 7.62. The smallest absolute Gasteiger partial charge is 0.416 e. The van der Waals surface area contributed by atoms with Gasteiger partial charge in [-0.1, -0.05) is 48.5 Å². The molecule has 39 heavy (non-hydrogen) atoms. The van der Waals surface area contributed by atoms with Crippen molar-refractivity contribution in [3.8, 4) is 11.5 Å². The summed E-state index contributed by atoms with van der Waals surface area (Å²) in [5, 5.41) is 8.89. The average molecular weight is 647 g/mol. The molecule has 0 aromatic heterocycles. The number of rotatable bonds is 10. The zero-order valence-corrected chi connectivity index (χ0v) is 23.0. The maximum Gasteiger partial charge on any atom is 0.416 e. The molecule has 1 amide bonds. The predicted octanol–water partition coefficient (Wildman–Crippen LogP) is 7.00. The molecular weight excluding hydrogens is 622 g/mol. The minimum absolute atomic E-state index is 0.180. The standard InChI is InChI=1S/C29H25F3IN3O3/c1-2-38-26-14-19(16-35-36-27(37)17-34-23-11-6-10-22(15-23)29(30,31)32)13-25(33)28(26)39-18-21-9-5-8-20-7-3-4-12-24(20)21/h3-16,34H,2,17-18H2,1H3,(H,36,37)/b35-16-. The van der Waals surface area contributed by atoms with Crippen molar-refractivity contribution < 1.29 is 27.4 Å². The van der Waals surface area contributed by atoms with Gasteiger partial charge in [-0.2, -0.15) is 18.3 Å². The fraction of sp³-hybridized carbons (Fsp3) is 0.172. The van der Waals surface area contributed by atoms with Crippen LogP contribution in [0.2, 0.25) is 0 Å². The van der Waals surface area contributed by atoms with Crippen LogP contribution < -0.4 is 20.2 Å². The number of fused-ring (bicyclic) bond motifs is 1. The Balaban J connectivity index is 1.39. The number of ether oxygens (including phenoxy) is 2. The molecule has 0 saturated carbocycles. The number of amides is 1. The highest BCUT2D eigenvalue weighted by Crippen LogP contribution is 2.35. The molecule has 0 radical (unpaired) electrons. The molecule has 0 aliphatic heterocycles. The quantitative estimate of drug-likeness (QED) is 0.111.